The molecule has 0 fully saturated rings. The van der Waals surface area contributed by atoms with E-state index in [9.17, 15) is 0 Å². The van der Waals surface area contributed by atoms with Gasteiger partial charge in [0.25, 0.3) is 0 Å². The molecule has 2 aromatic carbocycles. The van der Waals surface area contributed by atoms with E-state index in [2.05, 4.69) is 24.1 Å². The second kappa shape index (κ2) is 8.22. The fraction of sp³-hybridized carbons (Fsp3) is 0.200. The van der Waals surface area contributed by atoms with Crippen molar-refractivity contribution in [2.75, 3.05) is 20.6 Å². The monoisotopic (exact) mass is 344 g/mol. The van der Waals surface area contributed by atoms with E-state index < -0.39 is 0 Å². The molecule has 0 saturated carbocycles. The third-order valence-electron chi connectivity index (χ3n) is 3.32. The van der Waals surface area contributed by atoms with E-state index in [-0.39, 0.29) is 0 Å². The lowest BCUT2D eigenvalue weighted by molar-refractivity contribution is -0.816. The first-order chi connectivity index (χ1) is 11.0. The SMILES string of the molecule is C[N+](C)(C#CCc1ccccc1)C/C(Cl)=C(/Cl)c1ccccc1. The highest BCUT2D eigenvalue weighted by atomic mass is 35.5. The summed E-state index contributed by atoms with van der Waals surface area (Å²) in [5, 5.41) is 1.21. The lowest BCUT2D eigenvalue weighted by atomic mass is 10.2. The van der Waals surface area contributed by atoms with Crippen molar-refractivity contribution in [2.24, 2.45) is 0 Å². The molecular weight excluding hydrogens is 325 g/mol. The van der Waals surface area contributed by atoms with Crippen LogP contribution in [0.1, 0.15) is 11.1 Å². The summed E-state index contributed by atoms with van der Waals surface area (Å²) in [6.07, 6.45) is 0.732. The molecule has 0 saturated heterocycles. The highest BCUT2D eigenvalue weighted by Gasteiger charge is 2.17. The van der Waals surface area contributed by atoms with Gasteiger partial charge >= 0.3 is 0 Å². The Hall–Kier alpha value is -1.72. The van der Waals surface area contributed by atoms with Gasteiger partial charge in [-0.3, -0.25) is 0 Å². The van der Waals surface area contributed by atoms with Crippen LogP contribution in [0.15, 0.2) is 65.7 Å². The van der Waals surface area contributed by atoms with Crippen LogP contribution in [-0.4, -0.2) is 25.1 Å². The van der Waals surface area contributed by atoms with Crippen molar-refractivity contribution in [1.29, 1.82) is 0 Å². The Morgan fingerprint density at radius 3 is 2.09 bits per heavy atom. The number of rotatable bonds is 4. The number of quaternary nitrogens is 1. The Morgan fingerprint density at radius 1 is 0.913 bits per heavy atom. The van der Waals surface area contributed by atoms with Crippen molar-refractivity contribution in [3.8, 4) is 12.0 Å². The third kappa shape index (κ3) is 5.77. The number of nitrogens with zero attached hydrogens (tertiary/aromatic N) is 1. The molecule has 1 nitrogen and oxygen atoms in total. The molecule has 0 aromatic heterocycles. The normalized spacial score (nSPS) is 12.2. The first-order valence-corrected chi connectivity index (χ1v) is 8.20. The molecular formula is C20H20Cl2N+. The minimum atomic E-state index is 0.467. The van der Waals surface area contributed by atoms with E-state index in [1.54, 1.807) is 0 Å². The zero-order valence-electron chi connectivity index (χ0n) is 13.4. The zero-order chi connectivity index (χ0) is 16.7. The quantitative estimate of drug-likeness (QED) is 0.533. The number of likely N-dealkylation sites (N-methyl/N-ethyl adjacent to an activating group) is 1. The summed E-state index contributed by atoms with van der Waals surface area (Å²) in [6, 6.07) is 23.2. The minimum absolute atomic E-state index is 0.467. The molecule has 3 heteroatoms. The van der Waals surface area contributed by atoms with E-state index in [1.807, 2.05) is 62.6 Å². The fourth-order valence-electron chi connectivity index (χ4n) is 2.15. The minimum Gasteiger partial charge on any atom is -0.247 e. The van der Waals surface area contributed by atoms with Crippen molar-refractivity contribution in [3.63, 3.8) is 0 Å². The average molecular weight is 345 g/mol. The number of benzene rings is 2. The summed E-state index contributed by atoms with van der Waals surface area (Å²) in [4.78, 5) is 0. The van der Waals surface area contributed by atoms with Gasteiger partial charge in [0.15, 0.2) is 0 Å². The Balaban J connectivity index is 2.06. The standard InChI is InChI=1S/C20H20Cl2N/c1-23(2,15-9-12-17-10-5-3-6-11-17)16-19(21)20(22)18-13-7-4-8-14-18/h3-8,10-11,13-14H,12,16H2,1-2H3/q+1/b20-19-. The van der Waals surface area contributed by atoms with Crippen LogP contribution in [0.4, 0.5) is 0 Å². The van der Waals surface area contributed by atoms with Gasteiger partial charge in [-0.15, -0.1) is 0 Å². The Bertz CT molecular complexity index is 722. The van der Waals surface area contributed by atoms with Crippen LogP contribution < -0.4 is 0 Å². The molecule has 0 aliphatic carbocycles. The van der Waals surface area contributed by atoms with Crippen LogP contribution in [0, 0.1) is 12.0 Å². The highest BCUT2D eigenvalue weighted by Crippen LogP contribution is 2.26. The fourth-order valence-corrected chi connectivity index (χ4v) is 2.74. The van der Waals surface area contributed by atoms with Gasteiger partial charge in [0.2, 0.25) is 0 Å². The number of hydrogen-bond donors (Lipinski definition) is 0. The van der Waals surface area contributed by atoms with Crippen LogP contribution in [-0.2, 0) is 6.42 Å². The number of hydrogen-bond acceptors (Lipinski definition) is 0. The predicted octanol–water partition coefficient (Wildman–Crippen LogP) is 5.11. The van der Waals surface area contributed by atoms with Gasteiger partial charge < -0.3 is 0 Å². The van der Waals surface area contributed by atoms with Gasteiger partial charge in [0, 0.05) is 6.42 Å². The van der Waals surface area contributed by atoms with Crippen LogP contribution in [0.2, 0.25) is 0 Å². The summed E-state index contributed by atoms with van der Waals surface area (Å²) < 4.78 is 0.467. The van der Waals surface area contributed by atoms with Gasteiger partial charge in [-0.2, -0.15) is 0 Å². The van der Waals surface area contributed by atoms with Crippen molar-refractivity contribution >= 4 is 28.2 Å². The summed E-state index contributed by atoms with van der Waals surface area (Å²) in [7, 11) is 4.05. The van der Waals surface area contributed by atoms with Crippen molar-refractivity contribution in [3.05, 3.63) is 76.8 Å². The van der Waals surface area contributed by atoms with Gasteiger partial charge in [0.05, 0.1) is 24.2 Å². The maximum Gasteiger partial charge on any atom is 0.137 e. The average Bonchev–Trinajstić information content (AvgIpc) is 2.55. The van der Waals surface area contributed by atoms with Gasteiger partial charge in [-0.25, -0.2) is 4.48 Å². The summed E-state index contributed by atoms with van der Waals surface area (Å²) in [5.41, 5.74) is 2.14. The Labute approximate surface area is 148 Å². The van der Waals surface area contributed by atoms with Gasteiger partial charge in [-0.05, 0) is 17.0 Å². The predicted molar refractivity (Wildman–Crippen MR) is 100.0 cm³/mol. The first-order valence-electron chi connectivity index (χ1n) is 7.44. The largest absolute Gasteiger partial charge is 0.247 e. The lowest BCUT2D eigenvalue weighted by Gasteiger charge is -2.21. The maximum absolute atomic E-state index is 6.41. The molecule has 0 atom stereocenters. The van der Waals surface area contributed by atoms with E-state index in [0.29, 0.717) is 21.1 Å². The van der Waals surface area contributed by atoms with Crippen LogP contribution in [0.3, 0.4) is 0 Å². The van der Waals surface area contributed by atoms with E-state index in [0.717, 1.165) is 12.0 Å². The van der Waals surface area contributed by atoms with Crippen molar-refractivity contribution in [2.45, 2.75) is 6.42 Å². The Kier molecular flexibility index (Phi) is 6.30. The molecule has 2 rings (SSSR count). The molecule has 0 radical (unpaired) electrons. The second-order valence-corrected chi connectivity index (χ2v) is 6.71. The molecule has 23 heavy (non-hydrogen) atoms. The maximum atomic E-state index is 6.41. The van der Waals surface area contributed by atoms with E-state index in [1.165, 1.54) is 5.56 Å². The van der Waals surface area contributed by atoms with E-state index in [4.69, 9.17) is 23.2 Å². The van der Waals surface area contributed by atoms with Crippen molar-refractivity contribution < 1.29 is 4.48 Å². The molecule has 0 unspecified atom stereocenters. The molecule has 118 valence electrons. The number of halogens is 2. The molecule has 0 spiro atoms. The summed E-state index contributed by atoms with van der Waals surface area (Å²) >= 11 is 12.8. The molecule has 0 amide bonds. The third-order valence-corrected chi connectivity index (χ3v) is 4.17. The van der Waals surface area contributed by atoms with Crippen LogP contribution >= 0.6 is 23.2 Å². The topological polar surface area (TPSA) is 0 Å². The highest BCUT2D eigenvalue weighted by molar-refractivity contribution is 6.54. The van der Waals surface area contributed by atoms with Gasteiger partial charge in [0.1, 0.15) is 12.6 Å². The van der Waals surface area contributed by atoms with Crippen molar-refractivity contribution in [1.82, 2.24) is 0 Å². The summed E-state index contributed by atoms with van der Waals surface area (Å²) in [6.45, 7) is 0.567. The van der Waals surface area contributed by atoms with Gasteiger partial charge in [-0.1, -0.05) is 83.9 Å². The molecule has 2 aromatic rings. The van der Waals surface area contributed by atoms with Crippen LogP contribution in [0.25, 0.3) is 5.03 Å². The molecule has 0 heterocycles. The first kappa shape index (κ1) is 17.6. The molecule has 0 bridgehead atoms. The Morgan fingerprint density at radius 2 is 1.48 bits per heavy atom. The van der Waals surface area contributed by atoms with E-state index >= 15 is 0 Å². The summed E-state index contributed by atoms with van der Waals surface area (Å²) in [5.74, 6) is 3.22. The lowest BCUT2D eigenvalue weighted by Crippen LogP contribution is -2.35. The smallest absolute Gasteiger partial charge is 0.137 e. The van der Waals surface area contributed by atoms with Crippen LogP contribution in [0.5, 0.6) is 0 Å². The molecule has 0 aliphatic heterocycles. The molecule has 0 N–H and O–H groups in total. The molecule has 0 aliphatic rings. The second-order valence-electron chi connectivity index (χ2n) is 5.88. The zero-order valence-corrected chi connectivity index (χ0v) is 14.9.